The van der Waals surface area contributed by atoms with E-state index in [2.05, 4.69) is 10.3 Å². The molecule has 0 aliphatic rings. The molecule has 0 spiro atoms. The zero-order valence-corrected chi connectivity index (χ0v) is 13.5. The van der Waals surface area contributed by atoms with E-state index in [0.717, 1.165) is 16.5 Å². The Bertz CT molecular complexity index is 878. The number of methoxy groups -OCH3 is 1. The van der Waals surface area contributed by atoms with Crippen molar-refractivity contribution < 1.29 is 18.7 Å². The van der Waals surface area contributed by atoms with Gasteiger partial charge in [0.15, 0.2) is 5.76 Å². The maximum Gasteiger partial charge on any atom is 0.328 e. The smallest absolute Gasteiger partial charge is 0.328 e. The number of fused-ring (bicyclic) bond motifs is 1. The van der Waals surface area contributed by atoms with Crippen molar-refractivity contribution in [3.05, 3.63) is 59.7 Å². The second-order valence-electron chi connectivity index (χ2n) is 5.55. The quantitative estimate of drug-likeness (QED) is 0.706. The average Bonchev–Trinajstić information content (AvgIpc) is 3.20. The molecule has 2 N–H and O–H groups in total. The normalized spacial score (nSPS) is 12.1. The number of ether oxygens (including phenoxy) is 1. The highest BCUT2D eigenvalue weighted by molar-refractivity contribution is 5.96. The van der Waals surface area contributed by atoms with E-state index >= 15 is 0 Å². The lowest BCUT2D eigenvalue weighted by Crippen LogP contribution is -2.43. The summed E-state index contributed by atoms with van der Waals surface area (Å²) in [6, 6.07) is 8.68. The summed E-state index contributed by atoms with van der Waals surface area (Å²) >= 11 is 0. The van der Waals surface area contributed by atoms with Crippen molar-refractivity contribution in [2.75, 3.05) is 7.11 Å². The fraction of sp³-hybridized carbons (Fsp3) is 0.222. The van der Waals surface area contributed by atoms with Crippen LogP contribution in [0.2, 0.25) is 0 Å². The third-order valence-electron chi connectivity index (χ3n) is 3.96. The minimum atomic E-state index is -0.800. The van der Waals surface area contributed by atoms with Gasteiger partial charge in [0.2, 0.25) is 0 Å². The summed E-state index contributed by atoms with van der Waals surface area (Å²) in [5, 5.41) is 3.70. The van der Waals surface area contributed by atoms with Gasteiger partial charge >= 0.3 is 5.97 Å². The molecule has 0 saturated heterocycles. The number of esters is 1. The molecule has 24 heavy (non-hydrogen) atoms. The van der Waals surface area contributed by atoms with Gasteiger partial charge in [-0.1, -0.05) is 18.2 Å². The number of carbonyl (C=O) groups excluding carboxylic acids is 2. The Morgan fingerprint density at radius 1 is 1.29 bits per heavy atom. The van der Waals surface area contributed by atoms with Crippen LogP contribution in [0.3, 0.4) is 0 Å². The number of carbonyl (C=O) groups is 2. The van der Waals surface area contributed by atoms with Gasteiger partial charge in [-0.25, -0.2) is 4.79 Å². The van der Waals surface area contributed by atoms with Crippen LogP contribution in [0.5, 0.6) is 0 Å². The second kappa shape index (κ2) is 6.62. The Hall–Kier alpha value is -3.02. The Kier molecular flexibility index (Phi) is 4.37. The lowest BCUT2D eigenvalue weighted by molar-refractivity contribution is -0.142. The number of hydrogen-bond donors (Lipinski definition) is 2. The summed E-state index contributed by atoms with van der Waals surface area (Å²) in [5.41, 5.74) is 2.62. The van der Waals surface area contributed by atoms with Crippen LogP contribution in [0.1, 0.15) is 21.7 Å². The molecule has 1 amide bonds. The Labute approximate surface area is 138 Å². The zero-order chi connectivity index (χ0) is 17.1. The fourth-order valence-electron chi connectivity index (χ4n) is 2.69. The molecule has 2 heterocycles. The van der Waals surface area contributed by atoms with Gasteiger partial charge in [0, 0.05) is 29.1 Å². The predicted octanol–water partition coefficient (Wildman–Crippen LogP) is 2.58. The van der Waals surface area contributed by atoms with Crippen LogP contribution >= 0.6 is 0 Å². The van der Waals surface area contributed by atoms with Crippen LogP contribution in [0.4, 0.5) is 0 Å². The minimum Gasteiger partial charge on any atom is -0.467 e. The molecule has 0 aliphatic carbocycles. The van der Waals surface area contributed by atoms with Crippen LogP contribution in [0.15, 0.2) is 47.2 Å². The standard InChI is InChI=1S/C18H18N2O4/c1-11-7-8-24-16(11)17(21)20-15(18(22)23-2)9-12-10-19-14-6-4-3-5-13(12)14/h3-8,10,15,19H,9H2,1-2H3,(H,20,21). The van der Waals surface area contributed by atoms with Crippen LogP contribution in [0.25, 0.3) is 10.9 Å². The van der Waals surface area contributed by atoms with Gasteiger partial charge in [0.25, 0.3) is 5.91 Å². The number of para-hydroxylation sites is 1. The molecule has 1 aromatic carbocycles. The third kappa shape index (κ3) is 3.03. The predicted molar refractivity (Wildman–Crippen MR) is 88.7 cm³/mol. The largest absolute Gasteiger partial charge is 0.467 e. The number of aromatic amines is 1. The lowest BCUT2D eigenvalue weighted by atomic mass is 10.0. The van der Waals surface area contributed by atoms with Gasteiger partial charge in [-0.15, -0.1) is 0 Å². The zero-order valence-electron chi connectivity index (χ0n) is 13.5. The van der Waals surface area contributed by atoms with E-state index in [-0.39, 0.29) is 5.76 Å². The monoisotopic (exact) mass is 326 g/mol. The molecule has 6 heteroatoms. The number of aryl methyl sites for hydroxylation is 1. The molecule has 0 aliphatic heterocycles. The first-order valence-electron chi connectivity index (χ1n) is 7.58. The van der Waals surface area contributed by atoms with Crippen LogP contribution in [-0.2, 0) is 16.0 Å². The summed E-state index contributed by atoms with van der Waals surface area (Å²) in [4.78, 5) is 27.6. The lowest BCUT2D eigenvalue weighted by Gasteiger charge is -2.15. The number of hydrogen-bond acceptors (Lipinski definition) is 4. The van der Waals surface area contributed by atoms with Crippen LogP contribution < -0.4 is 5.32 Å². The number of benzene rings is 1. The maximum absolute atomic E-state index is 12.3. The number of amides is 1. The first-order valence-corrected chi connectivity index (χ1v) is 7.58. The molecule has 3 rings (SSSR count). The van der Waals surface area contributed by atoms with E-state index in [1.165, 1.54) is 13.4 Å². The molecule has 0 radical (unpaired) electrons. The Morgan fingerprint density at radius 2 is 2.08 bits per heavy atom. The highest BCUT2D eigenvalue weighted by Gasteiger charge is 2.25. The van der Waals surface area contributed by atoms with Gasteiger partial charge in [-0.05, 0) is 24.6 Å². The highest BCUT2D eigenvalue weighted by Crippen LogP contribution is 2.19. The summed E-state index contributed by atoms with van der Waals surface area (Å²) < 4.78 is 10.0. The van der Waals surface area contributed by atoms with Crippen molar-refractivity contribution in [3.8, 4) is 0 Å². The molecule has 6 nitrogen and oxygen atoms in total. The van der Waals surface area contributed by atoms with Crippen molar-refractivity contribution in [2.24, 2.45) is 0 Å². The molecule has 0 fully saturated rings. The van der Waals surface area contributed by atoms with Crippen molar-refractivity contribution >= 4 is 22.8 Å². The molecule has 2 aromatic heterocycles. The van der Waals surface area contributed by atoms with E-state index in [4.69, 9.17) is 9.15 Å². The van der Waals surface area contributed by atoms with Crippen molar-refractivity contribution in [3.63, 3.8) is 0 Å². The first-order chi connectivity index (χ1) is 11.6. The van der Waals surface area contributed by atoms with Gasteiger partial charge in [0.05, 0.1) is 13.4 Å². The first kappa shape index (κ1) is 15.9. The van der Waals surface area contributed by atoms with Crippen molar-refractivity contribution in [1.29, 1.82) is 0 Å². The molecular formula is C18H18N2O4. The van der Waals surface area contributed by atoms with Gasteiger partial charge in [-0.3, -0.25) is 4.79 Å². The van der Waals surface area contributed by atoms with Crippen molar-refractivity contribution in [2.45, 2.75) is 19.4 Å². The topological polar surface area (TPSA) is 84.3 Å². The molecule has 0 saturated carbocycles. The molecule has 1 unspecified atom stereocenters. The summed E-state index contributed by atoms with van der Waals surface area (Å²) in [7, 11) is 1.30. The summed E-state index contributed by atoms with van der Waals surface area (Å²) in [6.07, 6.45) is 3.60. The summed E-state index contributed by atoms with van der Waals surface area (Å²) in [5.74, 6) is -0.742. The maximum atomic E-state index is 12.3. The molecule has 124 valence electrons. The fourth-order valence-corrected chi connectivity index (χ4v) is 2.69. The van der Waals surface area contributed by atoms with Gasteiger partial charge < -0.3 is 19.5 Å². The van der Waals surface area contributed by atoms with Crippen molar-refractivity contribution in [1.82, 2.24) is 10.3 Å². The Morgan fingerprint density at radius 3 is 2.79 bits per heavy atom. The van der Waals surface area contributed by atoms with Crippen LogP contribution in [0, 0.1) is 6.92 Å². The van der Waals surface area contributed by atoms with E-state index in [1.807, 2.05) is 30.5 Å². The van der Waals surface area contributed by atoms with E-state index in [0.29, 0.717) is 12.0 Å². The number of nitrogens with one attached hydrogen (secondary N) is 2. The third-order valence-corrected chi connectivity index (χ3v) is 3.96. The van der Waals surface area contributed by atoms with Crippen LogP contribution in [-0.4, -0.2) is 30.0 Å². The van der Waals surface area contributed by atoms with Gasteiger partial charge in [0.1, 0.15) is 6.04 Å². The van der Waals surface area contributed by atoms with E-state index in [1.54, 1.807) is 13.0 Å². The second-order valence-corrected chi connectivity index (χ2v) is 5.55. The number of rotatable bonds is 5. The molecule has 3 aromatic rings. The number of aromatic nitrogens is 1. The number of H-pyrrole nitrogens is 1. The van der Waals surface area contributed by atoms with Gasteiger partial charge in [-0.2, -0.15) is 0 Å². The molecular weight excluding hydrogens is 308 g/mol. The highest BCUT2D eigenvalue weighted by atomic mass is 16.5. The SMILES string of the molecule is COC(=O)C(Cc1c[nH]c2ccccc12)NC(=O)c1occc1C. The van der Waals surface area contributed by atoms with E-state index < -0.39 is 17.9 Å². The average molecular weight is 326 g/mol. The molecule has 1 atom stereocenters. The minimum absolute atomic E-state index is 0.197. The van der Waals surface area contributed by atoms with E-state index in [9.17, 15) is 9.59 Å². The molecule has 0 bridgehead atoms. The summed E-state index contributed by atoms with van der Waals surface area (Å²) in [6.45, 7) is 1.77. The number of furan rings is 1. The Balaban J connectivity index is 1.83.